The first-order valence-electron chi connectivity index (χ1n) is 13.4. The molecule has 0 aromatic heterocycles. The van der Waals surface area contributed by atoms with Gasteiger partial charge in [-0.1, -0.05) is 0 Å². The van der Waals surface area contributed by atoms with Crippen molar-refractivity contribution in [3.63, 3.8) is 0 Å². The van der Waals surface area contributed by atoms with Crippen molar-refractivity contribution in [3.05, 3.63) is 42.2 Å². The zero-order chi connectivity index (χ0) is 31.4. The molecule has 3 aliphatic rings. The third kappa shape index (κ3) is 7.30. The van der Waals surface area contributed by atoms with Gasteiger partial charge in [0.05, 0.1) is 15.5 Å². The third-order valence-corrected chi connectivity index (χ3v) is 10.2. The Balaban J connectivity index is 1.52. The lowest BCUT2D eigenvalue weighted by Gasteiger charge is -2.43. The first kappa shape index (κ1) is 32.0. The van der Waals surface area contributed by atoms with Gasteiger partial charge in [0.15, 0.2) is 0 Å². The number of alkyl halides is 7. The summed E-state index contributed by atoms with van der Waals surface area (Å²) in [7, 11) is 1.62. The number of aliphatic carboxylic acids is 1. The Bertz CT molecular complexity index is 1340. The van der Waals surface area contributed by atoms with Crippen LogP contribution in [0.3, 0.4) is 0 Å². The van der Waals surface area contributed by atoms with E-state index in [4.69, 9.17) is 4.74 Å². The number of carboxylic acids is 1. The molecule has 1 aliphatic heterocycles. The standard InChI is InChI=1S/C28H28F8N2O3S2/c1-37-18(6-7-28(34,35)36)12-38(17-4-2-16(29)3-5-17)20-8-23(42-19-10-26(30,31)11-19)21(9-22(20)43-37)41-15-25(24(39)40)13-27(32,33)14-25/h2-5,8-9,18-19H,6-7,10-15H2,1H3,(H,39,40). The fraction of sp³-hybridized carbons (Fsp3) is 0.536. The second-order valence-electron chi connectivity index (χ2n) is 11.4. The SMILES string of the molecule is CN1Sc2cc(OCC3(C(=O)O)CC(F)(F)C3)c(SC3CC(F)(F)C3)cc2N(c2ccc(F)cc2)CC1CCC(F)(F)F. The zero-order valence-corrected chi connectivity index (χ0v) is 24.4. The lowest BCUT2D eigenvalue weighted by Crippen LogP contribution is -2.54. The number of likely N-dealkylation sites (N-methyl/N-ethyl adjacent to an activating group) is 1. The minimum Gasteiger partial charge on any atom is -0.491 e. The van der Waals surface area contributed by atoms with Crippen molar-refractivity contribution in [2.75, 3.05) is 25.1 Å². The van der Waals surface area contributed by atoms with E-state index in [1.165, 1.54) is 30.3 Å². The smallest absolute Gasteiger partial charge is 0.389 e. The minimum absolute atomic E-state index is 0.0846. The molecule has 2 aromatic rings. The Morgan fingerprint density at radius 1 is 1.09 bits per heavy atom. The number of carbonyl (C=O) groups is 1. The van der Waals surface area contributed by atoms with Gasteiger partial charge in [-0.3, -0.25) is 4.79 Å². The van der Waals surface area contributed by atoms with Gasteiger partial charge in [-0.25, -0.2) is 26.3 Å². The van der Waals surface area contributed by atoms with Crippen molar-refractivity contribution < 1.29 is 49.8 Å². The maximum Gasteiger partial charge on any atom is 0.389 e. The predicted molar refractivity (Wildman–Crippen MR) is 146 cm³/mol. The molecule has 0 radical (unpaired) electrons. The van der Waals surface area contributed by atoms with E-state index < -0.39 is 85.2 Å². The van der Waals surface area contributed by atoms with Crippen LogP contribution in [-0.4, -0.2) is 64.9 Å². The molecule has 0 spiro atoms. The minimum atomic E-state index is -4.39. The molecule has 0 amide bonds. The van der Waals surface area contributed by atoms with Crippen molar-refractivity contribution in [1.29, 1.82) is 0 Å². The molecule has 1 atom stereocenters. The van der Waals surface area contributed by atoms with Crippen LogP contribution in [0.25, 0.3) is 0 Å². The van der Waals surface area contributed by atoms with E-state index in [-0.39, 0.29) is 18.7 Å². The zero-order valence-electron chi connectivity index (χ0n) is 22.8. The number of ether oxygens (including phenoxy) is 1. The monoisotopic (exact) mass is 656 g/mol. The summed E-state index contributed by atoms with van der Waals surface area (Å²) in [5.74, 6) is -7.84. The highest BCUT2D eigenvalue weighted by molar-refractivity contribution is 8.00. The highest BCUT2D eigenvalue weighted by atomic mass is 32.2. The number of hydrogen-bond acceptors (Lipinski definition) is 6. The second-order valence-corrected chi connectivity index (χ2v) is 13.9. The van der Waals surface area contributed by atoms with E-state index >= 15 is 0 Å². The van der Waals surface area contributed by atoms with E-state index in [1.807, 2.05) is 0 Å². The Morgan fingerprint density at radius 3 is 2.30 bits per heavy atom. The van der Waals surface area contributed by atoms with Gasteiger partial charge in [0.2, 0.25) is 5.92 Å². The number of carboxylic acid groups (broad SMARTS) is 1. The Labute approximate surface area is 251 Å². The van der Waals surface area contributed by atoms with Crippen molar-refractivity contribution in [2.45, 2.75) is 77.6 Å². The number of hydrogen-bond donors (Lipinski definition) is 1. The number of halogens is 8. The highest BCUT2D eigenvalue weighted by Crippen LogP contribution is 2.55. The lowest BCUT2D eigenvalue weighted by atomic mass is 9.66. The van der Waals surface area contributed by atoms with Gasteiger partial charge in [0.25, 0.3) is 5.92 Å². The van der Waals surface area contributed by atoms with E-state index in [2.05, 4.69) is 0 Å². The lowest BCUT2D eigenvalue weighted by molar-refractivity contribution is -0.199. The van der Waals surface area contributed by atoms with Crippen molar-refractivity contribution in [1.82, 2.24) is 4.31 Å². The van der Waals surface area contributed by atoms with Crippen LogP contribution in [0, 0.1) is 11.2 Å². The highest BCUT2D eigenvalue weighted by Gasteiger charge is 2.62. The predicted octanol–water partition coefficient (Wildman–Crippen LogP) is 8.40. The Morgan fingerprint density at radius 2 is 1.74 bits per heavy atom. The first-order chi connectivity index (χ1) is 19.9. The van der Waals surface area contributed by atoms with Gasteiger partial charge in [-0.15, -0.1) is 11.8 Å². The number of benzene rings is 2. The molecule has 0 bridgehead atoms. The largest absolute Gasteiger partial charge is 0.491 e. The summed E-state index contributed by atoms with van der Waals surface area (Å²) in [5, 5.41) is 9.17. The number of fused-ring (bicyclic) bond motifs is 1. The van der Waals surface area contributed by atoms with E-state index in [1.54, 1.807) is 22.3 Å². The molecule has 2 fully saturated rings. The van der Waals surface area contributed by atoms with Gasteiger partial charge >= 0.3 is 12.1 Å². The van der Waals surface area contributed by atoms with Crippen LogP contribution < -0.4 is 9.64 Å². The summed E-state index contributed by atoms with van der Waals surface area (Å²) in [6.45, 7) is -0.497. The molecule has 0 saturated heterocycles. The summed E-state index contributed by atoms with van der Waals surface area (Å²) in [6.07, 6.45) is -8.29. The molecule has 1 N–H and O–H groups in total. The summed E-state index contributed by atoms with van der Waals surface area (Å²) in [6, 6.07) is 7.92. The number of anilines is 2. The van der Waals surface area contributed by atoms with Crippen LogP contribution in [-0.2, 0) is 4.79 Å². The Hall–Kier alpha value is -2.39. The summed E-state index contributed by atoms with van der Waals surface area (Å²) >= 11 is 2.20. The molecular weight excluding hydrogens is 628 g/mol. The number of nitrogens with zero attached hydrogens (tertiary/aromatic N) is 2. The van der Waals surface area contributed by atoms with Crippen LogP contribution in [0.1, 0.15) is 38.5 Å². The molecule has 2 saturated carbocycles. The van der Waals surface area contributed by atoms with Gasteiger partial charge in [-0.05, 0) is 61.8 Å². The Kier molecular flexibility index (Phi) is 8.57. The van der Waals surface area contributed by atoms with Crippen LogP contribution in [0.15, 0.2) is 46.2 Å². The van der Waals surface area contributed by atoms with Gasteiger partial charge in [-0.2, -0.15) is 13.2 Å². The maximum absolute atomic E-state index is 13.8. The average Bonchev–Trinajstić information content (AvgIpc) is 2.99. The van der Waals surface area contributed by atoms with Crippen molar-refractivity contribution in [3.8, 4) is 5.75 Å². The number of rotatable bonds is 9. The molecule has 43 heavy (non-hydrogen) atoms. The van der Waals surface area contributed by atoms with Gasteiger partial charge < -0.3 is 14.7 Å². The summed E-state index contributed by atoms with van der Waals surface area (Å²) in [5.41, 5.74) is -0.840. The molecule has 1 unspecified atom stereocenters. The fourth-order valence-electron chi connectivity index (χ4n) is 5.48. The molecule has 15 heteroatoms. The normalized spacial score (nSPS) is 23.1. The first-order valence-corrected chi connectivity index (χ1v) is 15.1. The van der Waals surface area contributed by atoms with E-state index in [9.17, 15) is 45.0 Å². The summed E-state index contributed by atoms with van der Waals surface area (Å²) < 4.78 is 116. The van der Waals surface area contributed by atoms with Gasteiger partial charge in [0, 0.05) is 55.6 Å². The van der Waals surface area contributed by atoms with Crippen LogP contribution in [0.4, 0.5) is 46.5 Å². The third-order valence-electron chi connectivity index (χ3n) is 7.86. The quantitative estimate of drug-likeness (QED) is 0.215. The van der Waals surface area contributed by atoms with Crippen molar-refractivity contribution in [2.24, 2.45) is 5.41 Å². The molecule has 1 heterocycles. The second kappa shape index (κ2) is 11.5. The van der Waals surface area contributed by atoms with Crippen LogP contribution in [0.2, 0.25) is 0 Å². The molecular formula is C28H28F8N2O3S2. The van der Waals surface area contributed by atoms with Crippen molar-refractivity contribution >= 4 is 41.1 Å². The fourth-order valence-corrected chi connectivity index (χ4v) is 7.96. The van der Waals surface area contributed by atoms with Gasteiger partial charge in [0.1, 0.15) is 23.6 Å². The number of thioether (sulfide) groups is 1. The van der Waals surface area contributed by atoms with E-state index in [0.29, 0.717) is 21.2 Å². The van der Waals surface area contributed by atoms with E-state index in [0.717, 1.165) is 23.7 Å². The van der Waals surface area contributed by atoms with Crippen LogP contribution in [0.5, 0.6) is 5.75 Å². The summed E-state index contributed by atoms with van der Waals surface area (Å²) in [4.78, 5) is 14.5. The average molecular weight is 657 g/mol. The van der Waals surface area contributed by atoms with Crippen LogP contribution >= 0.6 is 23.7 Å². The molecule has 236 valence electrons. The molecule has 2 aliphatic carbocycles. The maximum atomic E-state index is 13.8. The molecule has 5 rings (SSSR count). The topological polar surface area (TPSA) is 53.0 Å². The molecule has 2 aromatic carbocycles. The molecule has 5 nitrogen and oxygen atoms in total.